The number of hydrogen-bond donors (Lipinski definition) is 0. The van der Waals surface area contributed by atoms with Gasteiger partial charge in [-0.2, -0.15) is 0 Å². The molecule has 9 heteroatoms. The summed E-state index contributed by atoms with van der Waals surface area (Å²) in [5, 5.41) is 11.9. The molecule has 0 unspecified atom stereocenters. The molecule has 2 fully saturated rings. The molecule has 0 bridgehead atoms. The van der Waals surface area contributed by atoms with Crippen LogP contribution in [0.25, 0.3) is 0 Å². The lowest BCUT2D eigenvalue weighted by molar-refractivity contribution is -0.135. The zero-order chi connectivity index (χ0) is 21.6. The quantitative estimate of drug-likeness (QED) is 0.660. The predicted molar refractivity (Wildman–Crippen MR) is 115 cm³/mol. The number of ether oxygens (including phenoxy) is 2. The van der Waals surface area contributed by atoms with Crippen molar-refractivity contribution < 1.29 is 14.3 Å². The van der Waals surface area contributed by atoms with Gasteiger partial charge in [-0.15, -0.1) is 5.10 Å². The molecule has 168 valence electrons. The zero-order valence-electron chi connectivity index (χ0n) is 18.4. The molecule has 0 saturated carbocycles. The fraction of sp³-hybridized carbons (Fsp3) is 0.636. The molecule has 4 rings (SSSR count). The largest absolute Gasteiger partial charge is 0.497 e. The van der Waals surface area contributed by atoms with Gasteiger partial charge in [0.05, 0.1) is 13.2 Å². The van der Waals surface area contributed by atoms with Crippen LogP contribution >= 0.6 is 0 Å². The summed E-state index contributed by atoms with van der Waals surface area (Å²) in [6.07, 6.45) is 4.10. The molecule has 31 heavy (non-hydrogen) atoms. The van der Waals surface area contributed by atoms with Gasteiger partial charge in [-0.3, -0.25) is 9.69 Å². The van der Waals surface area contributed by atoms with Gasteiger partial charge in [0.2, 0.25) is 5.91 Å². The Balaban J connectivity index is 1.47. The molecule has 3 heterocycles. The molecule has 2 saturated heterocycles. The number of hydrogen-bond acceptors (Lipinski definition) is 7. The van der Waals surface area contributed by atoms with Gasteiger partial charge in [-0.25, -0.2) is 4.68 Å². The van der Waals surface area contributed by atoms with Crippen molar-refractivity contribution in [2.24, 2.45) is 0 Å². The van der Waals surface area contributed by atoms with Crippen molar-refractivity contribution in [3.8, 4) is 5.75 Å². The van der Waals surface area contributed by atoms with E-state index in [1.165, 1.54) is 0 Å². The van der Waals surface area contributed by atoms with Crippen molar-refractivity contribution in [1.29, 1.82) is 0 Å². The Kier molecular flexibility index (Phi) is 7.14. The Hall–Kier alpha value is -2.52. The van der Waals surface area contributed by atoms with Crippen LogP contribution in [0.15, 0.2) is 24.3 Å². The Morgan fingerprint density at radius 2 is 2.16 bits per heavy atom. The van der Waals surface area contributed by atoms with Crippen molar-refractivity contribution in [2.75, 3.05) is 46.4 Å². The molecule has 0 spiro atoms. The van der Waals surface area contributed by atoms with E-state index in [-0.39, 0.29) is 5.91 Å². The second-order valence-corrected chi connectivity index (χ2v) is 8.36. The summed E-state index contributed by atoms with van der Waals surface area (Å²) >= 11 is 0. The van der Waals surface area contributed by atoms with E-state index in [9.17, 15) is 4.79 Å². The fourth-order valence-corrected chi connectivity index (χ4v) is 4.49. The van der Waals surface area contributed by atoms with Crippen molar-refractivity contribution in [2.45, 2.75) is 44.8 Å². The van der Waals surface area contributed by atoms with Crippen molar-refractivity contribution in [3.05, 3.63) is 35.7 Å². The SMILES string of the molecule is COc1cccc(C[C@@H](C(=O)N2CCCN(C[C@H]3CCCO3)CC2)n2nnnc2C)c1. The third-order valence-corrected chi connectivity index (χ3v) is 6.19. The number of amides is 1. The number of methoxy groups -OCH3 is 1. The molecule has 1 aromatic heterocycles. The summed E-state index contributed by atoms with van der Waals surface area (Å²) in [5.41, 5.74) is 1.02. The molecule has 1 amide bonds. The van der Waals surface area contributed by atoms with Crippen molar-refractivity contribution >= 4 is 5.91 Å². The topological polar surface area (TPSA) is 85.6 Å². The lowest BCUT2D eigenvalue weighted by Gasteiger charge is -2.27. The standard InChI is InChI=1S/C22H32N6O3/c1-17-23-24-25-28(17)21(15-18-6-3-7-19(14-18)30-2)22(29)27-10-5-9-26(11-12-27)16-20-8-4-13-31-20/h3,6-7,14,20-21H,4-5,8-13,15-16H2,1-2H3/t20-,21+/m1/s1. The minimum absolute atomic E-state index is 0.0668. The van der Waals surface area contributed by atoms with Crippen LogP contribution in [-0.4, -0.2) is 88.5 Å². The Labute approximate surface area is 183 Å². The van der Waals surface area contributed by atoms with Gasteiger partial charge in [0.1, 0.15) is 17.6 Å². The lowest BCUT2D eigenvalue weighted by atomic mass is 10.0. The molecule has 2 aromatic rings. The maximum absolute atomic E-state index is 13.6. The van der Waals surface area contributed by atoms with E-state index in [1.807, 2.05) is 36.1 Å². The maximum atomic E-state index is 13.6. The van der Waals surface area contributed by atoms with Crippen LogP contribution in [-0.2, 0) is 16.0 Å². The monoisotopic (exact) mass is 428 g/mol. The van der Waals surface area contributed by atoms with Gasteiger partial charge < -0.3 is 14.4 Å². The third kappa shape index (κ3) is 5.40. The summed E-state index contributed by atoms with van der Waals surface area (Å²) in [6, 6.07) is 7.34. The van der Waals surface area contributed by atoms with E-state index in [0.29, 0.717) is 24.9 Å². The molecule has 2 aliphatic rings. The van der Waals surface area contributed by atoms with E-state index in [1.54, 1.807) is 11.8 Å². The van der Waals surface area contributed by atoms with Gasteiger partial charge >= 0.3 is 0 Å². The van der Waals surface area contributed by atoms with Gasteiger partial charge in [-0.1, -0.05) is 12.1 Å². The molecule has 2 atom stereocenters. The van der Waals surface area contributed by atoms with Crippen LogP contribution in [0.4, 0.5) is 0 Å². The summed E-state index contributed by atoms with van der Waals surface area (Å²) in [6.45, 7) is 6.98. The first-order valence-corrected chi connectivity index (χ1v) is 11.1. The van der Waals surface area contributed by atoms with Gasteiger partial charge in [0, 0.05) is 39.2 Å². The predicted octanol–water partition coefficient (Wildman–Crippen LogP) is 1.49. The summed E-state index contributed by atoms with van der Waals surface area (Å²) < 4.78 is 12.8. The second kappa shape index (κ2) is 10.2. The van der Waals surface area contributed by atoms with Crippen molar-refractivity contribution in [1.82, 2.24) is 30.0 Å². The molecular formula is C22H32N6O3. The number of tetrazole rings is 1. The van der Waals surface area contributed by atoms with Crippen LogP contribution in [0.1, 0.15) is 36.7 Å². The number of nitrogens with zero attached hydrogens (tertiary/aromatic N) is 6. The highest BCUT2D eigenvalue weighted by atomic mass is 16.5. The Morgan fingerprint density at radius 1 is 1.26 bits per heavy atom. The van der Waals surface area contributed by atoms with E-state index in [4.69, 9.17) is 9.47 Å². The first kappa shape index (κ1) is 21.7. The smallest absolute Gasteiger partial charge is 0.247 e. The molecule has 2 aliphatic heterocycles. The molecule has 0 aliphatic carbocycles. The van der Waals surface area contributed by atoms with Crippen LogP contribution in [0, 0.1) is 6.92 Å². The van der Waals surface area contributed by atoms with Gasteiger partial charge in [0.25, 0.3) is 0 Å². The van der Waals surface area contributed by atoms with Gasteiger partial charge in [0.15, 0.2) is 0 Å². The number of carbonyl (C=O) groups is 1. The first-order chi connectivity index (χ1) is 15.1. The second-order valence-electron chi connectivity index (χ2n) is 8.36. The molecule has 9 nitrogen and oxygen atoms in total. The van der Waals surface area contributed by atoms with Crippen LogP contribution in [0.2, 0.25) is 0 Å². The minimum atomic E-state index is -0.480. The van der Waals surface area contributed by atoms with Gasteiger partial charge in [-0.05, 0) is 60.9 Å². The van der Waals surface area contributed by atoms with Crippen LogP contribution in [0.3, 0.4) is 0 Å². The third-order valence-electron chi connectivity index (χ3n) is 6.19. The average Bonchev–Trinajstić information content (AvgIpc) is 3.39. The highest BCUT2D eigenvalue weighted by Gasteiger charge is 2.30. The number of benzene rings is 1. The molecule has 0 radical (unpaired) electrons. The summed E-state index contributed by atoms with van der Waals surface area (Å²) in [7, 11) is 1.65. The molecular weight excluding hydrogens is 396 g/mol. The van der Waals surface area contributed by atoms with Crippen LogP contribution < -0.4 is 4.74 Å². The highest BCUT2D eigenvalue weighted by Crippen LogP contribution is 2.22. The Bertz CT molecular complexity index is 866. The normalized spacial score (nSPS) is 21.1. The number of rotatable bonds is 7. The van der Waals surface area contributed by atoms with Crippen molar-refractivity contribution in [3.63, 3.8) is 0 Å². The number of aryl methyl sites for hydroxylation is 1. The summed E-state index contributed by atoms with van der Waals surface area (Å²) in [4.78, 5) is 18.1. The van der Waals surface area contributed by atoms with E-state index >= 15 is 0 Å². The highest BCUT2D eigenvalue weighted by molar-refractivity contribution is 5.80. The minimum Gasteiger partial charge on any atom is -0.497 e. The Morgan fingerprint density at radius 3 is 2.90 bits per heavy atom. The average molecular weight is 429 g/mol. The maximum Gasteiger partial charge on any atom is 0.247 e. The van der Waals surface area contributed by atoms with E-state index in [0.717, 1.165) is 63.4 Å². The van der Waals surface area contributed by atoms with E-state index < -0.39 is 6.04 Å². The zero-order valence-corrected chi connectivity index (χ0v) is 18.4. The fourth-order valence-electron chi connectivity index (χ4n) is 4.49. The number of carbonyl (C=O) groups excluding carboxylic acids is 1. The van der Waals surface area contributed by atoms with E-state index in [2.05, 4.69) is 20.4 Å². The summed E-state index contributed by atoms with van der Waals surface area (Å²) in [5.74, 6) is 1.48. The van der Waals surface area contributed by atoms with Crippen LogP contribution in [0.5, 0.6) is 5.75 Å². The lowest BCUT2D eigenvalue weighted by Crippen LogP contribution is -2.41. The molecule has 1 aromatic carbocycles. The first-order valence-electron chi connectivity index (χ1n) is 11.1. The number of aromatic nitrogens is 4. The molecule has 0 N–H and O–H groups in total.